The Kier molecular flexibility index (Phi) is 4.18. The van der Waals surface area contributed by atoms with Gasteiger partial charge in [0, 0.05) is 5.56 Å². The molecule has 1 aromatic rings. The quantitative estimate of drug-likeness (QED) is 0.632. The SMILES string of the molecule is COc1ccc(C#CCN)cc1NC(N)=O. The lowest BCUT2D eigenvalue weighted by Crippen LogP contribution is -2.19. The number of anilines is 1. The molecule has 1 rings (SSSR count). The van der Waals surface area contributed by atoms with Gasteiger partial charge >= 0.3 is 6.03 Å². The minimum atomic E-state index is -0.651. The summed E-state index contributed by atoms with van der Waals surface area (Å²) in [6, 6.07) is 4.49. The summed E-state index contributed by atoms with van der Waals surface area (Å²) >= 11 is 0. The van der Waals surface area contributed by atoms with Gasteiger partial charge in [-0.2, -0.15) is 0 Å². The van der Waals surface area contributed by atoms with E-state index in [1.807, 2.05) is 0 Å². The standard InChI is InChI=1S/C11H13N3O2/c1-16-10-5-4-8(3-2-6-12)7-9(10)14-11(13)15/h4-5,7H,6,12H2,1H3,(H3,13,14,15). The highest BCUT2D eigenvalue weighted by Gasteiger charge is 2.05. The first kappa shape index (κ1) is 11.9. The molecule has 0 atom stereocenters. The largest absolute Gasteiger partial charge is 0.495 e. The van der Waals surface area contributed by atoms with Crippen LogP contribution in [0.15, 0.2) is 18.2 Å². The molecule has 0 heterocycles. The van der Waals surface area contributed by atoms with Crippen LogP contribution in [0.3, 0.4) is 0 Å². The highest BCUT2D eigenvalue weighted by molar-refractivity contribution is 5.89. The van der Waals surface area contributed by atoms with E-state index in [0.717, 1.165) is 5.56 Å². The predicted molar refractivity (Wildman–Crippen MR) is 62.1 cm³/mol. The second-order valence-corrected chi connectivity index (χ2v) is 2.91. The Balaban J connectivity index is 3.05. The van der Waals surface area contributed by atoms with Crippen LogP contribution < -0.4 is 21.5 Å². The molecule has 0 bridgehead atoms. The fraction of sp³-hybridized carbons (Fsp3) is 0.182. The molecule has 5 heteroatoms. The lowest BCUT2D eigenvalue weighted by Gasteiger charge is -2.08. The molecule has 1 aromatic carbocycles. The Hall–Kier alpha value is -2.19. The molecule has 0 aliphatic carbocycles. The third-order valence-electron chi connectivity index (χ3n) is 1.79. The predicted octanol–water partition coefficient (Wildman–Crippen LogP) is 0.496. The number of amides is 2. The topological polar surface area (TPSA) is 90.4 Å². The van der Waals surface area contributed by atoms with Crippen LogP contribution in [0.25, 0.3) is 0 Å². The summed E-state index contributed by atoms with van der Waals surface area (Å²) < 4.78 is 5.06. The minimum Gasteiger partial charge on any atom is -0.495 e. The van der Waals surface area contributed by atoms with Crippen molar-refractivity contribution in [3.8, 4) is 17.6 Å². The number of nitrogens with two attached hydrogens (primary N) is 2. The lowest BCUT2D eigenvalue weighted by molar-refractivity contribution is 0.259. The van der Waals surface area contributed by atoms with Gasteiger partial charge in [0.05, 0.1) is 19.3 Å². The van der Waals surface area contributed by atoms with Gasteiger partial charge < -0.3 is 21.5 Å². The Morgan fingerprint density at radius 2 is 2.31 bits per heavy atom. The van der Waals surface area contributed by atoms with E-state index in [0.29, 0.717) is 11.4 Å². The molecular formula is C11H13N3O2. The fourth-order valence-corrected chi connectivity index (χ4v) is 1.17. The van der Waals surface area contributed by atoms with Crippen molar-refractivity contribution in [2.24, 2.45) is 11.5 Å². The van der Waals surface area contributed by atoms with E-state index in [9.17, 15) is 4.79 Å². The molecule has 0 saturated heterocycles. The molecule has 5 nitrogen and oxygen atoms in total. The number of hydrogen-bond acceptors (Lipinski definition) is 3. The Bertz CT molecular complexity index is 446. The van der Waals surface area contributed by atoms with Gasteiger partial charge in [0.15, 0.2) is 0 Å². The first-order valence-corrected chi connectivity index (χ1v) is 4.61. The Morgan fingerprint density at radius 1 is 1.56 bits per heavy atom. The van der Waals surface area contributed by atoms with Crippen LogP contribution in [0.1, 0.15) is 5.56 Å². The van der Waals surface area contributed by atoms with Gasteiger partial charge in [-0.25, -0.2) is 4.79 Å². The summed E-state index contributed by atoms with van der Waals surface area (Å²) in [6.45, 7) is 0.282. The van der Waals surface area contributed by atoms with Gasteiger partial charge in [0.1, 0.15) is 5.75 Å². The van der Waals surface area contributed by atoms with E-state index in [-0.39, 0.29) is 6.54 Å². The molecule has 84 valence electrons. The van der Waals surface area contributed by atoms with Crippen molar-refractivity contribution >= 4 is 11.7 Å². The summed E-state index contributed by atoms with van der Waals surface area (Å²) in [5.74, 6) is 6.09. The number of nitrogens with one attached hydrogen (secondary N) is 1. The highest BCUT2D eigenvalue weighted by Crippen LogP contribution is 2.24. The zero-order chi connectivity index (χ0) is 12.0. The molecule has 0 radical (unpaired) electrons. The van der Waals surface area contributed by atoms with Gasteiger partial charge in [-0.05, 0) is 18.2 Å². The number of carbonyl (C=O) groups is 1. The smallest absolute Gasteiger partial charge is 0.316 e. The zero-order valence-corrected chi connectivity index (χ0v) is 8.91. The van der Waals surface area contributed by atoms with Gasteiger partial charge in [-0.3, -0.25) is 0 Å². The number of ether oxygens (including phenoxy) is 1. The highest BCUT2D eigenvalue weighted by atomic mass is 16.5. The summed E-state index contributed by atoms with van der Waals surface area (Å²) in [4.78, 5) is 10.8. The van der Waals surface area contributed by atoms with Gasteiger partial charge in [-0.15, -0.1) is 0 Å². The van der Waals surface area contributed by atoms with Crippen LogP contribution in [0, 0.1) is 11.8 Å². The normalized spacial score (nSPS) is 8.88. The fourth-order valence-electron chi connectivity index (χ4n) is 1.17. The Labute approximate surface area is 93.8 Å². The maximum Gasteiger partial charge on any atom is 0.316 e. The molecule has 2 amide bonds. The van der Waals surface area contributed by atoms with Crippen molar-refractivity contribution in [2.75, 3.05) is 19.0 Å². The van der Waals surface area contributed by atoms with E-state index < -0.39 is 6.03 Å². The molecule has 0 spiro atoms. The maximum atomic E-state index is 10.8. The summed E-state index contributed by atoms with van der Waals surface area (Å²) in [5.41, 5.74) is 11.5. The minimum absolute atomic E-state index is 0.282. The van der Waals surface area contributed by atoms with Crippen LogP contribution in [0.5, 0.6) is 5.75 Å². The molecular weight excluding hydrogens is 206 g/mol. The van der Waals surface area contributed by atoms with E-state index in [1.54, 1.807) is 18.2 Å². The number of rotatable bonds is 2. The Morgan fingerprint density at radius 3 is 2.88 bits per heavy atom. The maximum absolute atomic E-state index is 10.8. The van der Waals surface area contributed by atoms with E-state index in [4.69, 9.17) is 16.2 Å². The van der Waals surface area contributed by atoms with Crippen LogP contribution in [0.4, 0.5) is 10.5 Å². The average molecular weight is 219 g/mol. The molecule has 5 N–H and O–H groups in total. The molecule has 0 aliphatic rings. The number of methoxy groups -OCH3 is 1. The monoisotopic (exact) mass is 219 g/mol. The van der Waals surface area contributed by atoms with Gasteiger partial charge in [0.2, 0.25) is 0 Å². The van der Waals surface area contributed by atoms with Crippen molar-refractivity contribution in [3.63, 3.8) is 0 Å². The summed E-state index contributed by atoms with van der Waals surface area (Å²) in [7, 11) is 1.51. The van der Waals surface area contributed by atoms with Crippen LogP contribution in [-0.2, 0) is 0 Å². The summed E-state index contributed by atoms with van der Waals surface area (Å²) in [6.07, 6.45) is 0. The molecule has 0 fully saturated rings. The second kappa shape index (κ2) is 5.63. The van der Waals surface area contributed by atoms with Crippen molar-refractivity contribution in [3.05, 3.63) is 23.8 Å². The van der Waals surface area contributed by atoms with Gasteiger partial charge in [0.25, 0.3) is 0 Å². The van der Waals surface area contributed by atoms with Gasteiger partial charge in [-0.1, -0.05) is 11.8 Å². The van der Waals surface area contributed by atoms with Crippen molar-refractivity contribution in [1.82, 2.24) is 0 Å². The van der Waals surface area contributed by atoms with Crippen LogP contribution in [0.2, 0.25) is 0 Å². The van der Waals surface area contributed by atoms with E-state index in [1.165, 1.54) is 7.11 Å². The number of urea groups is 1. The molecule has 0 unspecified atom stereocenters. The van der Waals surface area contributed by atoms with Crippen molar-refractivity contribution < 1.29 is 9.53 Å². The first-order valence-electron chi connectivity index (χ1n) is 4.61. The molecule has 0 aliphatic heterocycles. The van der Waals surface area contributed by atoms with Crippen LogP contribution >= 0.6 is 0 Å². The van der Waals surface area contributed by atoms with E-state index in [2.05, 4.69) is 17.2 Å². The third kappa shape index (κ3) is 3.19. The molecule has 16 heavy (non-hydrogen) atoms. The summed E-state index contributed by atoms with van der Waals surface area (Å²) in [5, 5.41) is 2.46. The third-order valence-corrected chi connectivity index (χ3v) is 1.79. The van der Waals surface area contributed by atoms with Crippen molar-refractivity contribution in [1.29, 1.82) is 0 Å². The second-order valence-electron chi connectivity index (χ2n) is 2.91. The van der Waals surface area contributed by atoms with Crippen LogP contribution in [-0.4, -0.2) is 19.7 Å². The lowest BCUT2D eigenvalue weighted by atomic mass is 10.2. The number of hydrogen-bond donors (Lipinski definition) is 3. The first-order chi connectivity index (χ1) is 7.67. The number of carbonyl (C=O) groups excluding carboxylic acids is 1. The average Bonchev–Trinajstić information content (AvgIpc) is 2.26. The number of benzene rings is 1. The van der Waals surface area contributed by atoms with Crippen molar-refractivity contribution in [2.45, 2.75) is 0 Å². The number of primary amides is 1. The molecule has 0 saturated carbocycles. The zero-order valence-electron chi connectivity index (χ0n) is 8.91. The molecule has 0 aromatic heterocycles. The van der Waals surface area contributed by atoms with E-state index >= 15 is 0 Å².